The summed E-state index contributed by atoms with van der Waals surface area (Å²) in [6.07, 6.45) is 4.45. The van der Waals surface area contributed by atoms with Crippen LogP contribution in [0.3, 0.4) is 0 Å². The van der Waals surface area contributed by atoms with Gasteiger partial charge in [0, 0.05) is 50.6 Å². The van der Waals surface area contributed by atoms with E-state index in [4.69, 9.17) is 0 Å². The molecule has 7 nitrogen and oxygen atoms in total. The van der Waals surface area contributed by atoms with E-state index in [1.165, 1.54) is 0 Å². The molecule has 0 aromatic rings. The molecule has 1 heterocycles. The molecule has 1 atom stereocenters. The van der Waals surface area contributed by atoms with Crippen LogP contribution in [0.1, 0.15) is 52.9 Å². The molecule has 0 bridgehead atoms. The van der Waals surface area contributed by atoms with Gasteiger partial charge in [0.15, 0.2) is 5.96 Å². The molecular formula is C18H34IN5O2. The van der Waals surface area contributed by atoms with Gasteiger partial charge in [-0.25, -0.2) is 0 Å². The third-order valence-electron chi connectivity index (χ3n) is 4.45. The molecule has 0 aromatic heterocycles. The number of hydrogen-bond acceptors (Lipinski definition) is 3. The van der Waals surface area contributed by atoms with Gasteiger partial charge in [-0.1, -0.05) is 13.8 Å². The number of aliphatic imine (C=N–C) groups is 1. The SMILES string of the molecule is CCNC(=NCCCC(=O)NC1CC1)NC1CCN(C(=O)C(C)C)C1.I. The molecule has 2 rings (SSSR count). The molecule has 0 radical (unpaired) electrons. The zero-order valence-corrected chi connectivity index (χ0v) is 18.5. The fourth-order valence-corrected chi connectivity index (χ4v) is 2.91. The molecule has 1 saturated carbocycles. The number of likely N-dealkylation sites (tertiary alicyclic amines) is 1. The molecule has 1 aliphatic carbocycles. The maximum Gasteiger partial charge on any atom is 0.225 e. The van der Waals surface area contributed by atoms with Crippen molar-refractivity contribution in [2.45, 2.75) is 65.0 Å². The Morgan fingerprint density at radius 2 is 1.88 bits per heavy atom. The first-order chi connectivity index (χ1) is 12.0. The summed E-state index contributed by atoms with van der Waals surface area (Å²) in [6.45, 7) is 8.84. The number of carbonyl (C=O) groups is 2. The number of nitrogens with zero attached hydrogens (tertiary/aromatic N) is 2. The molecule has 2 aliphatic rings. The van der Waals surface area contributed by atoms with Gasteiger partial charge >= 0.3 is 0 Å². The first-order valence-electron chi connectivity index (χ1n) is 9.62. The second-order valence-corrected chi connectivity index (χ2v) is 7.27. The highest BCUT2D eigenvalue weighted by atomic mass is 127. The van der Waals surface area contributed by atoms with Gasteiger partial charge in [0.1, 0.15) is 0 Å². The molecule has 26 heavy (non-hydrogen) atoms. The molecule has 150 valence electrons. The summed E-state index contributed by atoms with van der Waals surface area (Å²) in [5.41, 5.74) is 0. The quantitative estimate of drug-likeness (QED) is 0.213. The van der Waals surface area contributed by atoms with Crippen molar-refractivity contribution in [2.24, 2.45) is 10.9 Å². The van der Waals surface area contributed by atoms with E-state index < -0.39 is 0 Å². The molecule has 3 N–H and O–H groups in total. The van der Waals surface area contributed by atoms with Gasteiger partial charge in [-0.2, -0.15) is 0 Å². The zero-order valence-electron chi connectivity index (χ0n) is 16.2. The molecular weight excluding hydrogens is 445 g/mol. The standard InChI is InChI=1S/C18H33N5O2.HI/c1-4-19-18(20-10-5-6-16(24)21-14-7-8-14)22-15-9-11-23(12-15)17(25)13(2)3;/h13-15H,4-12H2,1-3H3,(H,21,24)(H2,19,20,22);1H. The van der Waals surface area contributed by atoms with Crippen molar-refractivity contribution in [2.75, 3.05) is 26.2 Å². The average molecular weight is 479 g/mol. The Bertz CT molecular complexity index is 494. The van der Waals surface area contributed by atoms with E-state index in [0.29, 0.717) is 19.0 Å². The summed E-state index contributed by atoms with van der Waals surface area (Å²) in [5, 5.41) is 9.65. The molecule has 8 heteroatoms. The smallest absolute Gasteiger partial charge is 0.225 e. The molecule has 1 saturated heterocycles. The predicted octanol–water partition coefficient (Wildman–Crippen LogP) is 1.48. The van der Waals surface area contributed by atoms with Gasteiger partial charge in [-0.3, -0.25) is 14.6 Å². The number of guanidine groups is 1. The van der Waals surface area contributed by atoms with Crippen LogP contribution in [0.15, 0.2) is 4.99 Å². The van der Waals surface area contributed by atoms with Gasteiger partial charge in [-0.15, -0.1) is 24.0 Å². The highest BCUT2D eigenvalue weighted by Crippen LogP contribution is 2.18. The van der Waals surface area contributed by atoms with Crippen LogP contribution in [-0.4, -0.2) is 60.9 Å². The number of nitrogens with one attached hydrogen (secondary N) is 3. The normalized spacial score (nSPS) is 19.9. The van der Waals surface area contributed by atoms with Crippen LogP contribution in [0.2, 0.25) is 0 Å². The molecule has 1 aliphatic heterocycles. The van der Waals surface area contributed by atoms with Crippen molar-refractivity contribution in [3.8, 4) is 0 Å². The summed E-state index contributed by atoms with van der Waals surface area (Å²) in [4.78, 5) is 30.2. The molecule has 2 fully saturated rings. The lowest BCUT2D eigenvalue weighted by atomic mass is 10.2. The second-order valence-electron chi connectivity index (χ2n) is 7.27. The minimum absolute atomic E-state index is 0. The lowest BCUT2D eigenvalue weighted by molar-refractivity contribution is -0.133. The number of carbonyl (C=O) groups excluding carboxylic acids is 2. The van der Waals surface area contributed by atoms with Crippen LogP contribution >= 0.6 is 24.0 Å². The van der Waals surface area contributed by atoms with E-state index in [9.17, 15) is 9.59 Å². The lowest BCUT2D eigenvalue weighted by Crippen LogP contribution is -2.45. The predicted molar refractivity (Wildman–Crippen MR) is 115 cm³/mol. The average Bonchev–Trinajstić information content (AvgIpc) is 3.26. The summed E-state index contributed by atoms with van der Waals surface area (Å²) in [5.74, 6) is 1.17. The molecule has 0 spiro atoms. The fraction of sp³-hybridized carbons (Fsp3) is 0.833. The maximum absolute atomic E-state index is 12.1. The van der Waals surface area contributed by atoms with Gasteiger partial charge in [0.25, 0.3) is 0 Å². The van der Waals surface area contributed by atoms with E-state index >= 15 is 0 Å². The van der Waals surface area contributed by atoms with Crippen molar-refractivity contribution in [3.63, 3.8) is 0 Å². The Balaban J connectivity index is 0.00000338. The molecule has 2 amide bonds. The van der Waals surface area contributed by atoms with Crippen molar-refractivity contribution >= 4 is 41.8 Å². The summed E-state index contributed by atoms with van der Waals surface area (Å²) in [7, 11) is 0. The van der Waals surface area contributed by atoms with Crippen molar-refractivity contribution in [1.29, 1.82) is 0 Å². The monoisotopic (exact) mass is 479 g/mol. The second kappa shape index (κ2) is 11.6. The first-order valence-corrected chi connectivity index (χ1v) is 9.62. The van der Waals surface area contributed by atoms with Gasteiger partial charge in [0.05, 0.1) is 0 Å². The summed E-state index contributed by atoms with van der Waals surface area (Å²) >= 11 is 0. The fourth-order valence-electron chi connectivity index (χ4n) is 2.91. The van der Waals surface area contributed by atoms with Crippen LogP contribution < -0.4 is 16.0 Å². The van der Waals surface area contributed by atoms with Crippen LogP contribution in [0.25, 0.3) is 0 Å². The summed E-state index contributed by atoms with van der Waals surface area (Å²) < 4.78 is 0. The number of rotatable bonds is 8. The minimum atomic E-state index is 0. The van der Waals surface area contributed by atoms with Crippen LogP contribution in [0, 0.1) is 5.92 Å². The van der Waals surface area contributed by atoms with E-state index in [1.807, 2.05) is 25.7 Å². The van der Waals surface area contributed by atoms with Crippen molar-refractivity contribution in [3.05, 3.63) is 0 Å². The maximum atomic E-state index is 12.1. The highest BCUT2D eigenvalue weighted by Gasteiger charge is 2.28. The largest absolute Gasteiger partial charge is 0.357 e. The molecule has 1 unspecified atom stereocenters. The van der Waals surface area contributed by atoms with E-state index in [0.717, 1.165) is 51.3 Å². The van der Waals surface area contributed by atoms with E-state index in [-0.39, 0.29) is 47.8 Å². The van der Waals surface area contributed by atoms with E-state index in [1.54, 1.807) is 0 Å². The number of halogens is 1. The molecule has 0 aromatic carbocycles. The van der Waals surface area contributed by atoms with Gasteiger partial charge in [-0.05, 0) is 32.6 Å². The Hall–Kier alpha value is -1.06. The third kappa shape index (κ3) is 8.09. The minimum Gasteiger partial charge on any atom is -0.357 e. The Morgan fingerprint density at radius 3 is 2.50 bits per heavy atom. The highest BCUT2D eigenvalue weighted by molar-refractivity contribution is 14.0. The Morgan fingerprint density at radius 1 is 1.15 bits per heavy atom. The first kappa shape index (κ1) is 23.0. The van der Waals surface area contributed by atoms with E-state index in [2.05, 4.69) is 20.9 Å². The third-order valence-corrected chi connectivity index (χ3v) is 4.45. The zero-order chi connectivity index (χ0) is 18.2. The Labute approximate surface area is 174 Å². The van der Waals surface area contributed by atoms with Crippen LogP contribution in [-0.2, 0) is 9.59 Å². The van der Waals surface area contributed by atoms with Crippen molar-refractivity contribution < 1.29 is 9.59 Å². The van der Waals surface area contributed by atoms with Crippen molar-refractivity contribution in [1.82, 2.24) is 20.9 Å². The van der Waals surface area contributed by atoms with Crippen LogP contribution in [0.5, 0.6) is 0 Å². The number of hydrogen-bond donors (Lipinski definition) is 3. The topological polar surface area (TPSA) is 85.8 Å². The van der Waals surface area contributed by atoms with Crippen LogP contribution in [0.4, 0.5) is 0 Å². The summed E-state index contributed by atoms with van der Waals surface area (Å²) in [6, 6.07) is 0.660. The van der Waals surface area contributed by atoms with Gasteiger partial charge in [0.2, 0.25) is 11.8 Å². The lowest BCUT2D eigenvalue weighted by Gasteiger charge is -2.20. The Kier molecular flexibility index (Phi) is 10.3. The van der Waals surface area contributed by atoms with Gasteiger partial charge < -0.3 is 20.9 Å². The number of amides is 2.